The molecule has 1 N–H and O–H groups in total. The SMILES string of the molecule is Cc1cccc(N(CC(=O)NN=Cc2cccc(C(F)(F)F)c2)S(C)(=O)=O)c1C. The summed E-state index contributed by atoms with van der Waals surface area (Å²) in [5, 5.41) is 3.62. The monoisotopic (exact) mass is 427 g/mol. The van der Waals surface area contributed by atoms with Gasteiger partial charge in [0, 0.05) is 0 Å². The lowest BCUT2D eigenvalue weighted by Gasteiger charge is -2.23. The number of hydrogen-bond donors (Lipinski definition) is 1. The van der Waals surface area contributed by atoms with Gasteiger partial charge in [-0.3, -0.25) is 9.10 Å². The Labute approximate surface area is 167 Å². The summed E-state index contributed by atoms with van der Waals surface area (Å²) in [6, 6.07) is 9.50. The van der Waals surface area contributed by atoms with Crippen LogP contribution in [0, 0.1) is 13.8 Å². The van der Waals surface area contributed by atoms with Crippen LogP contribution in [0.25, 0.3) is 0 Å². The summed E-state index contributed by atoms with van der Waals surface area (Å²) in [7, 11) is -3.76. The predicted molar refractivity (Wildman–Crippen MR) is 105 cm³/mol. The first-order chi connectivity index (χ1) is 13.4. The van der Waals surface area contributed by atoms with Crippen molar-refractivity contribution in [2.45, 2.75) is 20.0 Å². The number of benzene rings is 2. The van der Waals surface area contributed by atoms with Gasteiger partial charge in [-0.05, 0) is 48.7 Å². The second-order valence-electron chi connectivity index (χ2n) is 6.41. The summed E-state index contributed by atoms with van der Waals surface area (Å²) in [6.07, 6.45) is -2.46. The molecule has 10 heteroatoms. The molecular formula is C19H20F3N3O3S. The Morgan fingerprint density at radius 3 is 2.45 bits per heavy atom. The summed E-state index contributed by atoms with van der Waals surface area (Å²) in [5.41, 5.74) is 3.36. The van der Waals surface area contributed by atoms with Gasteiger partial charge in [0.25, 0.3) is 5.91 Å². The second-order valence-corrected chi connectivity index (χ2v) is 8.31. The van der Waals surface area contributed by atoms with E-state index >= 15 is 0 Å². The van der Waals surface area contributed by atoms with Gasteiger partial charge in [0.1, 0.15) is 6.54 Å². The maximum absolute atomic E-state index is 12.7. The highest BCUT2D eigenvalue weighted by atomic mass is 32.2. The molecule has 156 valence electrons. The van der Waals surface area contributed by atoms with E-state index in [1.54, 1.807) is 19.1 Å². The van der Waals surface area contributed by atoms with E-state index in [1.165, 1.54) is 12.1 Å². The van der Waals surface area contributed by atoms with Gasteiger partial charge < -0.3 is 0 Å². The zero-order valence-electron chi connectivity index (χ0n) is 16.0. The average Bonchev–Trinajstić information content (AvgIpc) is 2.61. The molecule has 0 atom stereocenters. The van der Waals surface area contributed by atoms with E-state index in [0.29, 0.717) is 11.3 Å². The molecule has 0 fully saturated rings. The van der Waals surface area contributed by atoms with Crippen molar-refractivity contribution >= 4 is 27.8 Å². The van der Waals surface area contributed by atoms with Crippen LogP contribution < -0.4 is 9.73 Å². The molecule has 2 aromatic carbocycles. The Balaban J connectivity index is 2.14. The number of hydrazone groups is 1. The minimum Gasteiger partial charge on any atom is -0.271 e. The summed E-state index contributed by atoms with van der Waals surface area (Å²) >= 11 is 0. The number of carbonyl (C=O) groups is 1. The first-order valence-corrected chi connectivity index (χ1v) is 10.3. The topological polar surface area (TPSA) is 78.8 Å². The summed E-state index contributed by atoms with van der Waals surface area (Å²) < 4.78 is 63.4. The molecule has 6 nitrogen and oxygen atoms in total. The number of hydrogen-bond acceptors (Lipinski definition) is 4. The van der Waals surface area contributed by atoms with Crippen molar-refractivity contribution in [1.82, 2.24) is 5.43 Å². The highest BCUT2D eigenvalue weighted by molar-refractivity contribution is 7.92. The molecule has 2 aromatic rings. The number of carbonyl (C=O) groups excluding carboxylic acids is 1. The molecular weight excluding hydrogens is 407 g/mol. The summed E-state index contributed by atoms with van der Waals surface area (Å²) in [5.74, 6) is -0.737. The number of sulfonamides is 1. The first kappa shape index (κ1) is 22.4. The van der Waals surface area contributed by atoms with Gasteiger partial charge >= 0.3 is 6.18 Å². The standard InChI is InChI=1S/C19H20F3N3O3S/c1-13-6-4-9-17(14(13)2)25(29(3,27)28)12-18(26)24-23-11-15-7-5-8-16(10-15)19(20,21)22/h4-11H,12H2,1-3H3,(H,24,26). The van der Waals surface area contributed by atoms with E-state index in [0.717, 1.165) is 34.5 Å². The van der Waals surface area contributed by atoms with Gasteiger partial charge in [-0.25, -0.2) is 13.8 Å². The van der Waals surface area contributed by atoms with E-state index in [9.17, 15) is 26.4 Å². The number of anilines is 1. The van der Waals surface area contributed by atoms with E-state index in [-0.39, 0.29) is 5.56 Å². The number of alkyl halides is 3. The Hall–Kier alpha value is -2.88. The van der Waals surface area contributed by atoms with Crippen molar-refractivity contribution in [2.75, 3.05) is 17.1 Å². The van der Waals surface area contributed by atoms with Crippen molar-refractivity contribution in [2.24, 2.45) is 5.10 Å². The molecule has 29 heavy (non-hydrogen) atoms. The molecule has 0 aliphatic rings. The van der Waals surface area contributed by atoms with Gasteiger partial charge in [0.2, 0.25) is 10.0 Å². The van der Waals surface area contributed by atoms with Crippen LogP contribution in [0.1, 0.15) is 22.3 Å². The van der Waals surface area contributed by atoms with Gasteiger partial charge in [0.15, 0.2) is 0 Å². The maximum Gasteiger partial charge on any atom is 0.416 e. The number of nitrogens with zero attached hydrogens (tertiary/aromatic N) is 2. The van der Waals surface area contributed by atoms with Gasteiger partial charge in [-0.15, -0.1) is 0 Å². The smallest absolute Gasteiger partial charge is 0.271 e. The number of aryl methyl sites for hydroxylation is 1. The van der Waals surface area contributed by atoms with E-state index in [4.69, 9.17) is 0 Å². The normalized spacial score (nSPS) is 12.2. The molecule has 0 heterocycles. The van der Waals surface area contributed by atoms with Gasteiger partial charge in [-0.1, -0.05) is 24.3 Å². The van der Waals surface area contributed by atoms with Crippen LogP contribution in [0.3, 0.4) is 0 Å². The number of nitrogens with one attached hydrogen (secondary N) is 1. The van der Waals surface area contributed by atoms with E-state index in [1.807, 2.05) is 13.0 Å². The van der Waals surface area contributed by atoms with Crippen LogP contribution in [-0.4, -0.2) is 33.3 Å². The quantitative estimate of drug-likeness (QED) is 0.568. The lowest BCUT2D eigenvalue weighted by molar-refractivity contribution is -0.137. The molecule has 0 saturated heterocycles. The van der Waals surface area contributed by atoms with Crippen molar-refractivity contribution in [1.29, 1.82) is 0 Å². The minimum absolute atomic E-state index is 0.134. The Morgan fingerprint density at radius 2 is 1.83 bits per heavy atom. The molecule has 0 aromatic heterocycles. The molecule has 0 saturated carbocycles. The zero-order valence-corrected chi connectivity index (χ0v) is 16.8. The number of amides is 1. The average molecular weight is 427 g/mol. The first-order valence-electron chi connectivity index (χ1n) is 8.42. The number of rotatable bonds is 6. The molecule has 0 radical (unpaired) electrons. The summed E-state index contributed by atoms with van der Waals surface area (Å²) in [4.78, 5) is 12.2. The second kappa shape index (κ2) is 8.64. The van der Waals surface area contributed by atoms with Crippen LogP contribution in [-0.2, 0) is 21.0 Å². The van der Waals surface area contributed by atoms with Gasteiger partial charge in [0.05, 0.1) is 23.7 Å². The van der Waals surface area contributed by atoms with Gasteiger partial charge in [-0.2, -0.15) is 18.3 Å². The molecule has 0 unspecified atom stereocenters. The van der Waals surface area contributed by atoms with Crippen LogP contribution in [0.2, 0.25) is 0 Å². The Bertz CT molecular complexity index is 1030. The lowest BCUT2D eigenvalue weighted by atomic mass is 10.1. The molecule has 0 aliphatic carbocycles. The maximum atomic E-state index is 12.7. The van der Waals surface area contributed by atoms with Crippen molar-refractivity contribution in [3.05, 3.63) is 64.7 Å². The van der Waals surface area contributed by atoms with Crippen LogP contribution >= 0.6 is 0 Å². The third-order valence-electron chi connectivity index (χ3n) is 4.15. The fourth-order valence-corrected chi connectivity index (χ4v) is 3.43. The highest BCUT2D eigenvalue weighted by Crippen LogP contribution is 2.29. The molecule has 1 amide bonds. The van der Waals surface area contributed by atoms with Crippen molar-refractivity contribution < 1.29 is 26.4 Å². The van der Waals surface area contributed by atoms with E-state index < -0.39 is 34.2 Å². The van der Waals surface area contributed by atoms with Crippen molar-refractivity contribution in [3.8, 4) is 0 Å². The third kappa shape index (κ3) is 6.05. The highest BCUT2D eigenvalue weighted by Gasteiger charge is 2.30. The van der Waals surface area contributed by atoms with E-state index in [2.05, 4.69) is 10.5 Å². The van der Waals surface area contributed by atoms with Crippen LogP contribution in [0.15, 0.2) is 47.6 Å². The lowest BCUT2D eigenvalue weighted by Crippen LogP contribution is -2.39. The molecule has 0 aliphatic heterocycles. The fraction of sp³-hybridized carbons (Fsp3) is 0.263. The molecule has 0 bridgehead atoms. The largest absolute Gasteiger partial charge is 0.416 e. The Morgan fingerprint density at radius 1 is 1.17 bits per heavy atom. The number of halogens is 3. The van der Waals surface area contributed by atoms with Crippen molar-refractivity contribution in [3.63, 3.8) is 0 Å². The van der Waals surface area contributed by atoms with Crippen LogP contribution in [0.5, 0.6) is 0 Å². The molecule has 2 rings (SSSR count). The minimum atomic E-state index is -4.49. The zero-order chi connectivity index (χ0) is 21.8. The van der Waals surface area contributed by atoms with Crippen LogP contribution in [0.4, 0.5) is 18.9 Å². The summed E-state index contributed by atoms with van der Waals surface area (Å²) in [6.45, 7) is 3.04. The Kier molecular flexibility index (Phi) is 6.68. The fourth-order valence-electron chi connectivity index (χ4n) is 2.53. The third-order valence-corrected chi connectivity index (χ3v) is 5.28. The predicted octanol–water partition coefficient (Wildman–Crippen LogP) is 3.24. The molecule has 0 spiro atoms.